The molecule has 2 aromatic rings. The highest BCUT2D eigenvalue weighted by atomic mass is 127. The minimum Gasteiger partial charge on any atom is -0.379 e. The Labute approximate surface area is 209 Å². The van der Waals surface area contributed by atoms with E-state index < -0.39 is 0 Å². The molecule has 3 rings (SSSR count). The molecule has 1 heterocycles. The Kier molecular flexibility index (Phi) is 12.6. The monoisotopic (exact) mass is 552 g/mol. The van der Waals surface area contributed by atoms with E-state index >= 15 is 0 Å². The lowest BCUT2D eigenvalue weighted by Crippen LogP contribution is -2.49. The minimum absolute atomic E-state index is 0. The van der Waals surface area contributed by atoms with Crippen LogP contribution >= 0.6 is 24.0 Å². The number of guanidine groups is 1. The van der Waals surface area contributed by atoms with Gasteiger partial charge in [-0.25, -0.2) is 4.99 Å². The smallest absolute Gasteiger partial charge is 0.191 e. The molecule has 1 atom stereocenters. The summed E-state index contributed by atoms with van der Waals surface area (Å²) in [6, 6.07) is 19.2. The van der Waals surface area contributed by atoms with Gasteiger partial charge < -0.3 is 20.1 Å². The quantitative estimate of drug-likeness (QED) is 0.267. The van der Waals surface area contributed by atoms with E-state index in [-0.39, 0.29) is 24.0 Å². The molecule has 2 N–H and O–H groups in total. The Morgan fingerprint density at radius 3 is 2.44 bits per heavy atom. The van der Waals surface area contributed by atoms with Crippen molar-refractivity contribution in [2.24, 2.45) is 4.99 Å². The number of ether oxygens (including phenoxy) is 2. The van der Waals surface area contributed by atoms with Crippen LogP contribution in [-0.2, 0) is 29.2 Å². The predicted octanol–water partition coefficient (Wildman–Crippen LogP) is 3.80. The normalized spacial score (nSPS) is 15.6. The van der Waals surface area contributed by atoms with Gasteiger partial charge in [0.2, 0.25) is 0 Å². The Hall–Kier alpha value is -1.68. The molecule has 0 spiro atoms. The average molecular weight is 553 g/mol. The zero-order valence-electron chi connectivity index (χ0n) is 19.3. The Bertz CT molecular complexity index is 798. The third kappa shape index (κ3) is 9.44. The highest BCUT2D eigenvalue weighted by Gasteiger charge is 2.16. The van der Waals surface area contributed by atoms with Crippen molar-refractivity contribution in [3.05, 3.63) is 71.3 Å². The molecule has 7 heteroatoms. The van der Waals surface area contributed by atoms with Crippen LogP contribution in [0.15, 0.2) is 59.6 Å². The molecule has 0 aliphatic carbocycles. The molecule has 1 unspecified atom stereocenters. The largest absolute Gasteiger partial charge is 0.379 e. The summed E-state index contributed by atoms with van der Waals surface area (Å²) in [4.78, 5) is 7.24. The fourth-order valence-corrected chi connectivity index (χ4v) is 3.58. The van der Waals surface area contributed by atoms with Crippen molar-refractivity contribution < 1.29 is 9.47 Å². The van der Waals surface area contributed by atoms with Crippen molar-refractivity contribution in [2.45, 2.75) is 39.6 Å². The van der Waals surface area contributed by atoms with Gasteiger partial charge in [0.25, 0.3) is 0 Å². The van der Waals surface area contributed by atoms with Crippen LogP contribution in [0.1, 0.15) is 30.5 Å². The van der Waals surface area contributed by atoms with Crippen LogP contribution < -0.4 is 10.6 Å². The van der Waals surface area contributed by atoms with E-state index in [0.717, 1.165) is 45.4 Å². The summed E-state index contributed by atoms with van der Waals surface area (Å²) >= 11 is 0. The lowest BCUT2D eigenvalue weighted by molar-refractivity contribution is 0.0211. The SMILES string of the molecule is CCNC(=NCc1cccc(COCc2ccccc2)c1)NCC(C)N1CCOCC1.I. The Morgan fingerprint density at radius 2 is 1.69 bits per heavy atom. The molecule has 1 aliphatic heterocycles. The molecule has 1 fully saturated rings. The molecule has 0 bridgehead atoms. The number of aliphatic imine (C=N–C) groups is 1. The van der Waals surface area contributed by atoms with Gasteiger partial charge in [0.15, 0.2) is 5.96 Å². The maximum atomic E-state index is 5.87. The topological polar surface area (TPSA) is 58.1 Å². The summed E-state index contributed by atoms with van der Waals surface area (Å²) in [7, 11) is 0. The van der Waals surface area contributed by atoms with E-state index in [4.69, 9.17) is 14.5 Å². The maximum Gasteiger partial charge on any atom is 0.191 e. The highest BCUT2D eigenvalue weighted by molar-refractivity contribution is 14.0. The average Bonchev–Trinajstić information content (AvgIpc) is 2.82. The molecule has 0 amide bonds. The number of morpholine rings is 1. The van der Waals surface area contributed by atoms with Crippen molar-refractivity contribution in [3.8, 4) is 0 Å². The first-order chi connectivity index (χ1) is 15.2. The number of halogens is 1. The Morgan fingerprint density at radius 1 is 1.00 bits per heavy atom. The van der Waals surface area contributed by atoms with Crippen molar-refractivity contribution in [3.63, 3.8) is 0 Å². The summed E-state index contributed by atoms with van der Waals surface area (Å²) < 4.78 is 11.3. The fourth-order valence-electron chi connectivity index (χ4n) is 3.58. The van der Waals surface area contributed by atoms with Crippen LogP contribution in [-0.4, -0.2) is 56.3 Å². The van der Waals surface area contributed by atoms with E-state index in [0.29, 0.717) is 25.8 Å². The molecule has 2 aromatic carbocycles. The van der Waals surface area contributed by atoms with Crippen LogP contribution in [0.2, 0.25) is 0 Å². The molecule has 176 valence electrons. The molecule has 0 radical (unpaired) electrons. The number of rotatable bonds is 10. The second kappa shape index (κ2) is 15.2. The van der Waals surface area contributed by atoms with Crippen LogP contribution in [0.4, 0.5) is 0 Å². The maximum absolute atomic E-state index is 5.87. The first-order valence-electron chi connectivity index (χ1n) is 11.3. The Balaban J connectivity index is 0.00000363. The van der Waals surface area contributed by atoms with Crippen molar-refractivity contribution >= 4 is 29.9 Å². The third-order valence-corrected chi connectivity index (χ3v) is 5.37. The third-order valence-electron chi connectivity index (χ3n) is 5.37. The summed E-state index contributed by atoms with van der Waals surface area (Å²) in [5.41, 5.74) is 3.54. The number of nitrogens with one attached hydrogen (secondary N) is 2. The first-order valence-corrected chi connectivity index (χ1v) is 11.3. The summed E-state index contributed by atoms with van der Waals surface area (Å²) in [6.45, 7) is 11.5. The van der Waals surface area contributed by atoms with Crippen LogP contribution in [0.5, 0.6) is 0 Å². The zero-order chi connectivity index (χ0) is 21.7. The molecule has 1 aliphatic rings. The first kappa shape index (κ1) is 26.6. The second-order valence-electron chi connectivity index (χ2n) is 7.87. The second-order valence-corrected chi connectivity index (χ2v) is 7.87. The fraction of sp³-hybridized carbons (Fsp3) is 0.480. The number of hydrogen-bond donors (Lipinski definition) is 2. The van der Waals surface area contributed by atoms with Gasteiger partial charge in [-0.05, 0) is 30.5 Å². The number of hydrogen-bond acceptors (Lipinski definition) is 4. The van der Waals surface area contributed by atoms with Gasteiger partial charge in [0.1, 0.15) is 0 Å². The molecule has 0 saturated carbocycles. The molecule has 6 nitrogen and oxygen atoms in total. The molecule has 0 aromatic heterocycles. The van der Waals surface area contributed by atoms with Crippen LogP contribution in [0.25, 0.3) is 0 Å². The summed E-state index contributed by atoms with van der Waals surface area (Å²) in [5, 5.41) is 6.84. The zero-order valence-corrected chi connectivity index (χ0v) is 21.6. The summed E-state index contributed by atoms with van der Waals surface area (Å²) in [6.07, 6.45) is 0. The van der Waals surface area contributed by atoms with Gasteiger partial charge in [0, 0.05) is 32.2 Å². The molecule has 1 saturated heterocycles. The van der Waals surface area contributed by atoms with Gasteiger partial charge in [0.05, 0.1) is 33.0 Å². The van der Waals surface area contributed by atoms with Gasteiger partial charge in [-0.2, -0.15) is 0 Å². The van der Waals surface area contributed by atoms with Crippen molar-refractivity contribution in [2.75, 3.05) is 39.4 Å². The van der Waals surface area contributed by atoms with E-state index in [1.165, 1.54) is 16.7 Å². The van der Waals surface area contributed by atoms with Crippen LogP contribution in [0, 0.1) is 0 Å². The van der Waals surface area contributed by atoms with Crippen molar-refractivity contribution in [1.82, 2.24) is 15.5 Å². The molecular formula is C25H37IN4O2. The van der Waals surface area contributed by atoms with E-state index in [1.54, 1.807) is 0 Å². The van der Waals surface area contributed by atoms with Gasteiger partial charge in [-0.3, -0.25) is 4.90 Å². The van der Waals surface area contributed by atoms with Gasteiger partial charge in [-0.1, -0.05) is 54.6 Å². The van der Waals surface area contributed by atoms with Gasteiger partial charge >= 0.3 is 0 Å². The standard InChI is InChI=1S/C25H36N4O2.HI/c1-3-26-25(27-17-21(2)29-12-14-30-15-13-29)28-18-23-10-7-11-24(16-23)20-31-19-22-8-5-4-6-9-22;/h4-11,16,21H,3,12-15,17-20H2,1-2H3,(H2,26,27,28);1H. The molecular weight excluding hydrogens is 515 g/mol. The molecule has 32 heavy (non-hydrogen) atoms. The summed E-state index contributed by atoms with van der Waals surface area (Å²) in [5.74, 6) is 0.855. The lowest BCUT2D eigenvalue weighted by atomic mass is 10.1. The minimum atomic E-state index is 0. The predicted molar refractivity (Wildman–Crippen MR) is 141 cm³/mol. The number of benzene rings is 2. The van der Waals surface area contributed by atoms with Crippen molar-refractivity contribution in [1.29, 1.82) is 0 Å². The van der Waals surface area contributed by atoms with Crippen LogP contribution in [0.3, 0.4) is 0 Å². The number of nitrogens with zero attached hydrogens (tertiary/aromatic N) is 2. The van der Waals surface area contributed by atoms with Gasteiger partial charge in [-0.15, -0.1) is 24.0 Å². The van der Waals surface area contributed by atoms with E-state index in [1.807, 2.05) is 18.2 Å². The van der Waals surface area contributed by atoms with E-state index in [9.17, 15) is 0 Å². The highest BCUT2D eigenvalue weighted by Crippen LogP contribution is 2.10. The lowest BCUT2D eigenvalue weighted by Gasteiger charge is -2.32. The van der Waals surface area contributed by atoms with E-state index in [2.05, 4.69) is 65.8 Å².